The van der Waals surface area contributed by atoms with Gasteiger partial charge in [-0.2, -0.15) is 0 Å². The van der Waals surface area contributed by atoms with Gasteiger partial charge in [0.25, 0.3) is 0 Å². The number of benzene rings is 2. The van der Waals surface area contributed by atoms with Crippen LogP contribution in [0.2, 0.25) is 0 Å². The minimum Gasteiger partial charge on any atom is -0.462 e. The first-order valence-corrected chi connectivity index (χ1v) is 10.7. The molecule has 8 nitrogen and oxygen atoms in total. The number of thioether (sulfide) groups is 1. The third-order valence-electron chi connectivity index (χ3n) is 4.68. The summed E-state index contributed by atoms with van der Waals surface area (Å²) in [5.41, 5.74) is 3.04. The number of hydrogen-bond donors (Lipinski definition) is 2. The van der Waals surface area contributed by atoms with Gasteiger partial charge in [-0.3, -0.25) is 4.79 Å². The fourth-order valence-corrected chi connectivity index (χ4v) is 3.87. The third kappa shape index (κ3) is 4.46. The van der Waals surface area contributed by atoms with Crippen molar-refractivity contribution in [3.8, 4) is 11.4 Å². The summed E-state index contributed by atoms with van der Waals surface area (Å²) >= 11 is 1.31. The number of rotatable bonds is 7. The maximum Gasteiger partial charge on any atom is 0.338 e. The second-order valence-electron chi connectivity index (χ2n) is 6.75. The van der Waals surface area contributed by atoms with Gasteiger partial charge in [0.15, 0.2) is 11.0 Å². The first-order valence-electron chi connectivity index (χ1n) is 9.72. The van der Waals surface area contributed by atoms with Crippen molar-refractivity contribution >= 4 is 40.2 Å². The number of nitrogens with zero attached hydrogens (tertiary/aromatic N) is 3. The number of aromatic nitrogens is 4. The van der Waals surface area contributed by atoms with Crippen LogP contribution in [-0.4, -0.2) is 44.0 Å². The molecule has 2 N–H and O–H groups in total. The van der Waals surface area contributed by atoms with Crippen LogP contribution in [0.3, 0.4) is 0 Å². The van der Waals surface area contributed by atoms with Crippen molar-refractivity contribution in [3.05, 3.63) is 60.3 Å². The molecule has 0 spiro atoms. The number of carbonyl (C=O) groups excluding carboxylic acids is 2. The minimum absolute atomic E-state index is 0.175. The van der Waals surface area contributed by atoms with Gasteiger partial charge in [-0.05, 0) is 37.3 Å². The number of hydrogen-bond acceptors (Lipinski definition) is 6. The molecule has 2 heterocycles. The number of amides is 1. The Morgan fingerprint density at radius 3 is 2.68 bits per heavy atom. The highest BCUT2D eigenvalue weighted by Crippen LogP contribution is 2.29. The highest BCUT2D eigenvalue weighted by Gasteiger charge is 2.16. The van der Waals surface area contributed by atoms with Crippen LogP contribution in [0, 0.1) is 0 Å². The van der Waals surface area contributed by atoms with E-state index < -0.39 is 0 Å². The van der Waals surface area contributed by atoms with Crippen LogP contribution in [0.1, 0.15) is 17.3 Å². The normalized spacial score (nSPS) is 10.9. The topological polar surface area (TPSA) is 102 Å². The second-order valence-corrected chi connectivity index (χ2v) is 7.69. The number of fused-ring (bicyclic) bond motifs is 1. The van der Waals surface area contributed by atoms with Gasteiger partial charge in [-0.1, -0.05) is 30.0 Å². The zero-order valence-corrected chi connectivity index (χ0v) is 17.9. The molecule has 0 aliphatic carbocycles. The van der Waals surface area contributed by atoms with Crippen molar-refractivity contribution < 1.29 is 14.3 Å². The Morgan fingerprint density at radius 2 is 1.90 bits per heavy atom. The van der Waals surface area contributed by atoms with Gasteiger partial charge < -0.3 is 19.6 Å². The van der Waals surface area contributed by atoms with Crippen molar-refractivity contribution in [1.82, 2.24) is 19.7 Å². The molecule has 1 amide bonds. The first-order chi connectivity index (χ1) is 15.1. The van der Waals surface area contributed by atoms with E-state index in [9.17, 15) is 9.59 Å². The third-order valence-corrected chi connectivity index (χ3v) is 5.70. The lowest BCUT2D eigenvalue weighted by molar-refractivity contribution is -0.113. The SMILES string of the molecule is CCOC(=O)c1ccc(NC(=O)CSc2nnc(-c3c[nH]c4ccccc34)n2C)cc1. The van der Waals surface area contributed by atoms with E-state index in [-0.39, 0.29) is 17.6 Å². The van der Waals surface area contributed by atoms with Gasteiger partial charge in [0.1, 0.15) is 0 Å². The molecule has 0 unspecified atom stereocenters. The van der Waals surface area contributed by atoms with E-state index in [1.807, 2.05) is 42.1 Å². The van der Waals surface area contributed by atoms with Gasteiger partial charge in [-0.25, -0.2) is 4.79 Å². The van der Waals surface area contributed by atoms with Crippen LogP contribution in [-0.2, 0) is 16.6 Å². The summed E-state index contributed by atoms with van der Waals surface area (Å²) in [6.45, 7) is 2.07. The lowest BCUT2D eigenvalue weighted by atomic mass is 10.1. The molecule has 0 bridgehead atoms. The number of carbonyl (C=O) groups is 2. The van der Waals surface area contributed by atoms with E-state index in [4.69, 9.17) is 4.74 Å². The fraction of sp³-hybridized carbons (Fsp3) is 0.182. The molecule has 2 aromatic heterocycles. The molecular weight excluding hydrogens is 414 g/mol. The highest BCUT2D eigenvalue weighted by molar-refractivity contribution is 7.99. The predicted molar refractivity (Wildman–Crippen MR) is 120 cm³/mol. The Bertz CT molecular complexity index is 1230. The summed E-state index contributed by atoms with van der Waals surface area (Å²) < 4.78 is 6.83. The van der Waals surface area contributed by atoms with Crippen LogP contribution in [0.15, 0.2) is 59.9 Å². The van der Waals surface area contributed by atoms with Crippen LogP contribution < -0.4 is 5.32 Å². The summed E-state index contributed by atoms with van der Waals surface area (Å²) in [5, 5.41) is 13.1. The summed E-state index contributed by atoms with van der Waals surface area (Å²) in [7, 11) is 1.88. The number of para-hydroxylation sites is 1. The molecule has 0 saturated carbocycles. The van der Waals surface area contributed by atoms with Crippen molar-refractivity contribution in [3.63, 3.8) is 0 Å². The van der Waals surface area contributed by atoms with Crippen LogP contribution in [0.5, 0.6) is 0 Å². The molecule has 0 aliphatic rings. The Morgan fingerprint density at radius 1 is 1.13 bits per heavy atom. The van der Waals surface area contributed by atoms with Gasteiger partial charge in [-0.15, -0.1) is 10.2 Å². The molecule has 0 saturated heterocycles. The van der Waals surface area contributed by atoms with Crippen LogP contribution in [0.25, 0.3) is 22.3 Å². The maximum atomic E-state index is 12.3. The number of nitrogens with one attached hydrogen (secondary N) is 2. The minimum atomic E-state index is -0.385. The Balaban J connectivity index is 1.38. The molecule has 4 rings (SSSR count). The first kappa shape index (κ1) is 20.7. The number of esters is 1. The average molecular weight is 436 g/mol. The number of H-pyrrole nitrogens is 1. The number of anilines is 1. The summed E-state index contributed by atoms with van der Waals surface area (Å²) in [6.07, 6.45) is 1.91. The van der Waals surface area contributed by atoms with Gasteiger partial charge in [0.05, 0.1) is 17.9 Å². The molecule has 0 radical (unpaired) electrons. The smallest absolute Gasteiger partial charge is 0.338 e. The quantitative estimate of drug-likeness (QED) is 0.338. The molecule has 0 fully saturated rings. The van der Waals surface area contributed by atoms with E-state index >= 15 is 0 Å². The monoisotopic (exact) mass is 435 g/mol. The molecule has 31 heavy (non-hydrogen) atoms. The standard InChI is InChI=1S/C22H21N5O3S/c1-3-30-21(29)14-8-10-15(11-9-14)24-19(28)13-31-22-26-25-20(27(22)2)17-12-23-18-7-5-4-6-16(17)18/h4-12,23H,3,13H2,1-2H3,(H,24,28). The van der Waals surface area contributed by atoms with Gasteiger partial charge >= 0.3 is 5.97 Å². The largest absolute Gasteiger partial charge is 0.462 e. The van der Waals surface area contributed by atoms with Crippen molar-refractivity contribution in [2.45, 2.75) is 12.1 Å². The molecule has 158 valence electrons. The van der Waals surface area contributed by atoms with E-state index in [1.54, 1.807) is 31.2 Å². The van der Waals surface area contributed by atoms with E-state index in [0.29, 0.717) is 23.0 Å². The molecule has 2 aromatic carbocycles. The number of aromatic amines is 1. The fourth-order valence-electron chi connectivity index (χ4n) is 3.16. The van der Waals surface area contributed by atoms with E-state index in [1.165, 1.54) is 11.8 Å². The van der Waals surface area contributed by atoms with E-state index in [0.717, 1.165) is 22.3 Å². The molecule has 4 aromatic rings. The Hall–Kier alpha value is -3.59. The lowest BCUT2D eigenvalue weighted by Crippen LogP contribution is -2.14. The summed E-state index contributed by atoms with van der Waals surface area (Å²) in [6, 6.07) is 14.6. The molecule has 0 atom stereocenters. The van der Waals surface area contributed by atoms with Crippen molar-refractivity contribution in [2.24, 2.45) is 7.05 Å². The molecular formula is C22H21N5O3S. The van der Waals surface area contributed by atoms with Crippen molar-refractivity contribution in [1.29, 1.82) is 0 Å². The zero-order valence-electron chi connectivity index (χ0n) is 17.1. The Kier molecular flexibility index (Phi) is 6.03. The van der Waals surface area contributed by atoms with E-state index in [2.05, 4.69) is 20.5 Å². The Labute approximate surface area is 183 Å². The summed E-state index contributed by atoms with van der Waals surface area (Å²) in [4.78, 5) is 27.3. The van der Waals surface area contributed by atoms with Crippen LogP contribution in [0.4, 0.5) is 5.69 Å². The van der Waals surface area contributed by atoms with Crippen LogP contribution >= 0.6 is 11.8 Å². The van der Waals surface area contributed by atoms with Gasteiger partial charge in [0.2, 0.25) is 5.91 Å². The molecule has 9 heteroatoms. The number of ether oxygens (including phenoxy) is 1. The summed E-state index contributed by atoms with van der Waals surface area (Å²) in [5.74, 6) is 0.351. The predicted octanol–water partition coefficient (Wildman–Crippen LogP) is 3.87. The van der Waals surface area contributed by atoms with Gasteiger partial charge in [0, 0.05) is 35.4 Å². The van der Waals surface area contributed by atoms with Crippen molar-refractivity contribution in [2.75, 3.05) is 17.7 Å². The zero-order chi connectivity index (χ0) is 21.8. The second kappa shape index (κ2) is 9.05. The molecule has 0 aliphatic heterocycles. The maximum absolute atomic E-state index is 12.3. The lowest BCUT2D eigenvalue weighted by Gasteiger charge is -2.07. The average Bonchev–Trinajstić information content (AvgIpc) is 3.36. The highest BCUT2D eigenvalue weighted by atomic mass is 32.2.